The molecule has 0 aliphatic carbocycles. The number of aromatic nitrogens is 3. The average Bonchev–Trinajstić information content (AvgIpc) is 2.37. The molecule has 0 unspecified atom stereocenters. The van der Waals surface area contributed by atoms with Gasteiger partial charge >= 0.3 is 0 Å². The Morgan fingerprint density at radius 2 is 2.00 bits per heavy atom. The summed E-state index contributed by atoms with van der Waals surface area (Å²) in [5, 5.41) is 3.21. The molecule has 2 heterocycles. The second-order valence-electron chi connectivity index (χ2n) is 5.23. The van der Waals surface area contributed by atoms with Gasteiger partial charge < -0.3 is 5.32 Å². The van der Waals surface area contributed by atoms with Crippen molar-refractivity contribution < 1.29 is 0 Å². The van der Waals surface area contributed by atoms with Crippen LogP contribution in [-0.2, 0) is 12.0 Å². The zero-order chi connectivity index (χ0) is 13.0. The molecule has 4 heteroatoms. The summed E-state index contributed by atoms with van der Waals surface area (Å²) in [6.45, 7) is 7.10. The van der Waals surface area contributed by atoms with Gasteiger partial charge in [0, 0.05) is 30.6 Å². The second kappa shape index (κ2) is 5.12. The third-order valence-electron chi connectivity index (χ3n) is 2.60. The monoisotopic (exact) mass is 242 g/mol. The zero-order valence-corrected chi connectivity index (χ0v) is 11.0. The van der Waals surface area contributed by atoms with Gasteiger partial charge in [0.1, 0.15) is 0 Å². The predicted molar refractivity (Wildman–Crippen MR) is 72.3 cm³/mol. The predicted octanol–water partition coefficient (Wildman–Crippen LogP) is 2.78. The first-order valence-corrected chi connectivity index (χ1v) is 6.02. The average molecular weight is 242 g/mol. The van der Waals surface area contributed by atoms with E-state index in [9.17, 15) is 0 Å². The maximum atomic E-state index is 4.52. The summed E-state index contributed by atoms with van der Waals surface area (Å²) in [4.78, 5) is 12.8. The Morgan fingerprint density at radius 3 is 2.67 bits per heavy atom. The molecule has 0 saturated carbocycles. The van der Waals surface area contributed by atoms with Crippen LogP contribution in [0.3, 0.4) is 0 Å². The highest BCUT2D eigenvalue weighted by Crippen LogP contribution is 2.20. The molecule has 0 bridgehead atoms. The molecule has 4 nitrogen and oxygen atoms in total. The minimum atomic E-state index is 0.0354. The molecule has 0 radical (unpaired) electrons. The Balaban J connectivity index is 2.06. The second-order valence-corrected chi connectivity index (χ2v) is 5.23. The third-order valence-corrected chi connectivity index (χ3v) is 2.60. The van der Waals surface area contributed by atoms with Crippen molar-refractivity contribution in [3.05, 3.63) is 48.0 Å². The van der Waals surface area contributed by atoms with E-state index < -0.39 is 0 Å². The number of nitrogens with one attached hydrogen (secondary N) is 1. The van der Waals surface area contributed by atoms with Gasteiger partial charge in [0.05, 0.1) is 5.69 Å². The molecule has 0 aromatic carbocycles. The Labute approximate surface area is 108 Å². The molecule has 0 saturated heterocycles. The largest absolute Gasteiger partial charge is 0.350 e. The van der Waals surface area contributed by atoms with Gasteiger partial charge in [-0.2, -0.15) is 0 Å². The number of nitrogens with zero attached hydrogens (tertiary/aromatic N) is 3. The fourth-order valence-corrected chi connectivity index (χ4v) is 1.55. The third kappa shape index (κ3) is 3.26. The van der Waals surface area contributed by atoms with Crippen LogP contribution in [0.25, 0.3) is 0 Å². The Kier molecular flexibility index (Phi) is 3.55. The van der Waals surface area contributed by atoms with Crippen LogP contribution in [0.1, 0.15) is 32.0 Å². The number of hydrogen-bond acceptors (Lipinski definition) is 4. The van der Waals surface area contributed by atoms with Crippen molar-refractivity contribution in [1.29, 1.82) is 0 Å². The smallest absolute Gasteiger partial charge is 0.223 e. The van der Waals surface area contributed by atoms with Crippen molar-refractivity contribution in [3.8, 4) is 0 Å². The maximum absolute atomic E-state index is 4.52. The van der Waals surface area contributed by atoms with Crippen molar-refractivity contribution in [1.82, 2.24) is 15.0 Å². The topological polar surface area (TPSA) is 50.7 Å². The van der Waals surface area contributed by atoms with Crippen LogP contribution in [0, 0.1) is 0 Å². The molecule has 94 valence electrons. The zero-order valence-electron chi connectivity index (χ0n) is 11.0. The number of rotatable bonds is 3. The lowest BCUT2D eigenvalue weighted by molar-refractivity contribution is 0.567. The van der Waals surface area contributed by atoms with Gasteiger partial charge in [0.15, 0.2) is 0 Å². The molecule has 0 atom stereocenters. The molecule has 2 aromatic heterocycles. The number of pyridine rings is 1. The van der Waals surface area contributed by atoms with Gasteiger partial charge in [-0.15, -0.1) is 0 Å². The lowest BCUT2D eigenvalue weighted by Gasteiger charge is -2.18. The van der Waals surface area contributed by atoms with E-state index >= 15 is 0 Å². The molecule has 0 aliphatic heterocycles. The van der Waals surface area contributed by atoms with Crippen molar-refractivity contribution in [3.63, 3.8) is 0 Å². The summed E-state index contributed by atoms with van der Waals surface area (Å²) in [7, 11) is 0. The lowest BCUT2D eigenvalue weighted by atomic mass is 9.92. The molecule has 2 aromatic rings. The van der Waals surface area contributed by atoms with Gasteiger partial charge in [-0.1, -0.05) is 26.8 Å². The van der Waals surface area contributed by atoms with E-state index in [2.05, 4.69) is 41.0 Å². The first-order valence-electron chi connectivity index (χ1n) is 6.02. The van der Waals surface area contributed by atoms with Crippen LogP contribution < -0.4 is 5.32 Å². The van der Waals surface area contributed by atoms with E-state index in [-0.39, 0.29) is 5.41 Å². The van der Waals surface area contributed by atoms with Crippen LogP contribution in [0.2, 0.25) is 0 Å². The van der Waals surface area contributed by atoms with E-state index in [0.29, 0.717) is 12.5 Å². The lowest BCUT2D eigenvalue weighted by Crippen LogP contribution is -2.15. The molecular weight excluding hydrogens is 224 g/mol. The summed E-state index contributed by atoms with van der Waals surface area (Å²) in [6.07, 6.45) is 5.39. The summed E-state index contributed by atoms with van der Waals surface area (Å²) in [5.74, 6) is 0.659. The number of hydrogen-bond donors (Lipinski definition) is 1. The van der Waals surface area contributed by atoms with Gasteiger partial charge in [0.2, 0.25) is 5.95 Å². The molecule has 18 heavy (non-hydrogen) atoms. The van der Waals surface area contributed by atoms with Crippen LogP contribution in [-0.4, -0.2) is 15.0 Å². The van der Waals surface area contributed by atoms with E-state index in [1.807, 2.05) is 24.4 Å². The first-order chi connectivity index (χ1) is 8.55. The van der Waals surface area contributed by atoms with E-state index in [0.717, 1.165) is 11.3 Å². The SMILES string of the molecule is CC(C)(C)c1ccnc(NCc2cccnc2)n1. The Morgan fingerprint density at radius 1 is 1.17 bits per heavy atom. The van der Waals surface area contributed by atoms with E-state index in [4.69, 9.17) is 0 Å². The minimum absolute atomic E-state index is 0.0354. The molecule has 0 amide bonds. The molecule has 0 spiro atoms. The van der Waals surface area contributed by atoms with Gasteiger partial charge in [0.25, 0.3) is 0 Å². The summed E-state index contributed by atoms with van der Waals surface area (Å²) < 4.78 is 0. The molecule has 1 N–H and O–H groups in total. The van der Waals surface area contributed by atoms with Crippen LogP contribution in [0.5, 0.6) is 0 Å². The van der Waals surface area contributed by atoms with Crippen molar-refractivity contribution in [2.24, 2.45) is 0 Å². The fourth-order valence-electron chi connectivity index (χ4n) is 1.55. The highest BCUT2D eigenvalue weighted by Gasteiger charge is 2.15. The normalized spacial score (nSPS) is 11.3. The summed E-state index contributed by atoms with van der Waals surface area (Å²) >= 11 is 0. The van der Waals surface area contributed by atoms with Crippen LogP contribution in [0.4, 0.5) is 5.95 Å². The van der Waals surface area contributed by atoms with Gasteiger partial charge in [-0.05, 0) is 17.7 Å². The van der Waals surface area contributed by atoms with Crippen LogP contribution in [0.15, 0.2) is 36.8 Å². The molecular formula is C14H18N4. The molecule has 0 aliphatic rings. The molecule has 0 fully saturated rings. The minimum Gasteiger partial charge on any atom is -0.350 e. The first kappa shape index (κ1) is 12.5. The maximum Gasteiger partial charge on any atom is 0.223 e. The highest BCUT2D eigenvalue weighted by atomic mass is 15.1. The van der Waals surface area contributed by atoms with Gasteiger partial charge in [-0.25, -0.2) is 9.97 Å². The summed E-state index contributed by atoms with van der Waals surface area (Å²) in [5.41, 5.74) is 2.18. The summed E-state index contributed by atoms with van der Waals surface area (Å²) in [6, 6.07) is 5.90. The highest BCUT2D eigenvalue weighted by molar-refractivity contribution is 5.29. The van der Waals surface area contributed by atoms with Crippen LogP contribution >= 0.6 is 0 Å². The van der Waals surface area contributed by atoms with Crippen molar-refractivity contribution >= 4 is 5.95 Å². The Hall–Kier alpha value is -1.97. The van der Waals surface area contributed by atoms with Crippen molar-refractivity contribution in [2.75, 3.05) is 5.32 Å². The fraction of sp³-hybridized carbons (Fsp3) is 0.357. The van der Waals surface area contributed by atoms with Gasteiger partial charge in [-0.3, -0.25) is 4.98 Å². The quantitative estimate of drug-likeness (QED) is 0.899. The van der Waals surface area contributed by atoms with E-state index in [1.54, 1.807) is 12.4 Å². The standard InChI is InChI=1S/C14H18N4/c1-14(2,3)12-6-8-16-13(18-12)17-10-11-5-4-7-15-9-11/h4-9H,10H2,1-3H3,(H,16,17,18). The van der Waals surface area contributed by atoms with Crippen molar-refractivity contribution in [2.45, 2.75) is 32.7 Å². The number of anilines is 1. The van der Waals surface area contributed by atoms with E-state index in [1.165, 1.54) is 0 Å². The molecule has 2 rings (SSSR count). The Bertz CT molecular complexity index is 503.